The summed E-state index contributed by atoms with van der Waals surface area (Å²) in [6, 6.07) is 4.17. The SMILES string of the molecule is Cc1nn(C)c2c1N(S(=O)(=O)c1ccc(OC(F)(F)F)cc1)CCS2. The molecule has 0 radical (unpaired) electrons. The third-order valence-corrected chi connectivity index (χ3v) is 6.50. The average molecular weight is 393 g/mol. The molecule has 6 nitrogen and oxygen atoms in total. The van der Waals surface area contributed by atoms with E-state index in [9.17, 15) is 21.6 Å². The Morgan fingerprint density at radius 3 is 2.48 bits per heavy atom. The van der Waals surface area contributed by atoms with Crippen LogP contribution in [0.1, 0.15) is 5.69 Å². The van der Waals surface area contributed by atoms with Crippen LogP contribution in [0.25, 0.3) is 0 Å². The maximum Gasteiger partial charge on any atom is 0.573 e. The first-order chi connectivity index (χ1) is 11.6. The van der Waals surface area contributed by atoms with Gasteiger partial charge < -0.3 is 4.74 Å². The summed E-state index contributed by atoms with van der Waals surface area (Å²) in [4.78, 5) is -0.108. The smallest absolute Gasteiger partial charge is 0.406 e. The van der Waals surface area contributed by atoms with E-state index in [0.29, 0.717) is 17.1 Å². The van der Waals surface area contributed by atoms with Crippen LogP contribution in [0.3, 0.4) is 0 Å². The van der Waals surface area contributed by atoms with Gasteiger partial charge in [0.05, 0.1) is 10.6 Å². The van der Waals surface area contributed by atoms with Gasteiger partial charge in [-0.25, -0.2) is 8.42 Å². The van der Waals surface area contributed by atoms with Crippen molar-refractivity contribution >= 4 is 27.5 Å². The van der Waals surface area contributed by atoms with E-state index < -0.39 is 22.1 Å². The molecule has 0 N–H and O–H groups in total. The van der Waals surface area contributed by atoms with E-state index >= 15 is 0 Å². The lowest BCUT2D eigenvalue weighted by Crippen LogP contribution is -2.35. The van der Waals surface area contributed by atoms with Gasteiger partial charge in [-0.15, -0.1) is 24.9 Å². The maximum atomic E-state index is 12.9. The first-order valence-corrected chi connectivity index (χ1v) is 9.57. The number of sulfonamides is 1. The number of halogens is 3. The lowest BCUT2D eigenvalue weighted by Gasteiger charge is -2.28. The van der Waals surface area contributed by atoms with Crippen molar-refractivity contribution < 1.29 is 26.3 Å². The number of nitrogens with zero attached hydrogens (tertiary/aromatic N) is 3. The molecule has 1 aliphatic rings. The summed E-state index contributed by atoms with van der Waals surface area (Å²) >= 11 is 1.51. The fourth-order valence-electron chi connectivity index (χ4n) is 2.59. The standard InChI is InChI=1S/C14H14F3N3O3S2/c1-9-12-13(19(2)18-9)24-8-7-20(12)25(21,22)11-5-3-10(4-6-11)23-14(15,16)17/h3-6H,7-8H2,1-2H3. The quantitative estimate of drug-likeness (QED) is 0.802. The molecule has 1 aliphatic heterocycles. The van der Waals surface area contributed by atoms with Crippen LogP contribution in [0.5, 0.6) is 5.75 Å². The van der Waals surface area contributed by atoms with Crippen molar-refractivity contribution in [3.63, 3.8) is 0 Å². The number of alkyl halides is 3. The number of aryl methyl sites for hydroxylation is 2. The van der Waals surface area contributed by atoms with Crippen LogP contribution in [0.15, 0.2) is 34.2 Å². The molecular weight excluding hydrogens is 379 g/mol. The Hall–Kier alpha value is -1.88. The number of thioether (sulfide) groups is 1. The zero-order valence-corrected chi connectivity index (χ0v) is 14.9. The largest absolute Gasteiger partial charge is 0.573 e. The van der Waals surface area contributed by atoms with Crippen molar-refractivity contribution in [3.8, 4) is 5.75 Å². The van der Waals surface area contributed by atoms with Gasteiger partial charge in [0.1, 0.15) is 16.5 Å². The van der Waals surface area contributed by atoms with Gasteiger partial charge in [0.2, 0.25) is 0 Å². The molecule has 1 aromatic carbocycles. The molecule has 25 heavy (non-hydrogen) atoms. The molecule has 0 spiro atoms. The summed E-state index contributed by atoms with van der Waals surface area (Å²) in [6.07, 6.45) is -4.83. The van der Waals surface area contributed by atoms with E-state index in [1.165, 1.54) is 16.1 Å². The van der Waals surface area contributed by atoms with E-state index in [1.807, 2.05) is 0 Å². The molecule has 0 fully saturated rings. The minimum atomic E-state index is -4.83. The lowest BCUT2D eigenvalue weighted by atomic mass is 10.3. The van der Waals surface area contributed by atoms with Crippen molar-refractivity contribution in [1.82, 2.24) is 9.78 Å². The Kier molecular flexibility index (Phi) is 4.40. The average Bonchev–Trinajstić information content (AvgIpc) is 2.81. The van der Waals surface area contributed by atoms with E-state index in [0.717, 1.165) is 29.3 Å². The number of fused-ring (bicyclic) bond motifs is 1. The van der Waals surface area contributed by atoms with Crippen LogP contribution >= 0.6 is 11.8 Å². The summed E-state index contributed by atoms with van der Waals surface area (Å²) < 4.78 is 69.1. The van der Waals surface area contributed by atoms with Crippen LogP contribution in [-0.2, 0) is 17.1 Å². The highest BCUT2D eigenvalue weighted by Gasteiger charge is 2.34. The Morgan fingerprint density at radius 1 is 1.24 bits per heavy atom. The minimum Gasteiger partial charge on any atom is -0.406 e. The highest BCUT2D eigenvalue weighted by atomic mass is 32.2. The number of hydrogen-bond donors (Lipinski definition) is 0. The number of benzene rings is 1. The molecule has 2 heterocycles. The van der Waals surface area contributed by atoms with Crippen molar-refractivity contribution in [2.45, 2.75) is 23.2 Å². The van der Waals surface area contributed by atoms with E-state index in [1.54, 1.807) is 18.7 Å². The van der Waals surface area contributed by atoms with Gasteiger partial charge in [-0.05, 0) is 31.2 Å². The van der Waals surface area contributed by atoms with Gasteiger partial charge in [-0.1, -0.05) is 0 Å². The van der Waals surface area contributed by atoms with Crippen LogP contribution in [0.4, 0.5) is 18.9 Å². The first-order valence-electron chi connectivity index (χ1n) is 7.14. The zero-order valence-electron chi connectivity index (χ0n) is 13.2. The number of rotatable bonds is 3. The number of aromatic nitrogens is 2. The Balaban J connectivity index is 1.96. The molecule has 0 saturated heterocycles. The molecule has 0 atom stereocenters. The molecular formula is C14H14F3N3O3S2. The molecule has 0 bridgehead atoms. The third-order valence-electron chi connectivity index (χ3n) is 3.57. The molecule has 136 valence electrons. The van der Waals surface area contributed by atoms with Crippen molar-refractivity contribution in [2.24, 2.45) is 7.05 Å². The van der Waals surface area contributed by atoms with E-state index in [2.05, 4.69) is 9.84 Å². The highest BCUT2D eigenvalue weighted by Crippen LogP contribution is 2.39. The molecule has 0 aliphatic carbocycles. The predicted molar refractivity (Wildman–Crippen MR) is 86.3 cm³/mol. The summed E-state index contributed by atoms with van der Waals surface area (Å²) in [5.74, 6) is 0.0828. The summed E-state index contributed by atoms with van der Waals surface area (Å²) in [6.45, 7) is 1.97. The van der Waals surface area contributed by atoms with E-state index in [-0.39, 0.29) is 11.4 Å². The predicted octanol–water partition coefficient (Wildman–Crippen LogP) is 2.93. The van der Waals surface area contributed by atoms with Gasteiger partial charge in [0, 0.05) is 19.3 Å². The second kappa shape index (κ2) is 6.13. The normalized spacial score (nSPS) is 15.2. The fraction of sp³-hybridized carbons (Fsp3) is 0.357. The zero-order chi connectivity index (χ0) is 18.4. The lowest BCUT2D eigenvalue weighted by molar-refractivity contribution is -0.274. The highest BCUT2D eigenvalue weighted by molar-refractivity contribution is 8.00. The van der Waals surface area contributed by atoms with Crippen molar-refractivity contribution in [2.75, 3.05) is 16.6 Å². The van der Waals surface area contributed by atoms with Crippen LogP contribution in [0, 0.1) is 6.92 Å². The molecule has 2 aromatic rings. The molecule has 0 unspecified atom stereocenters. The molecule has 11 heteroatoms. The Labute approximate surface area is 146 Å². The van der Waals surface area contributed by atoms with E-state index in [4.69, 9.17) is 0 Å². The number of hydrogen-bond acceptors (Lipinski definition) is 5. The van der Waals surface area contributed by atoms with Crippen molar-refractivity contribution in [1.29, 1.82) is 0 Å². The third kappa shape index (κ3) is 3.43. The van der Waals surface area contributed by atoms with Gasteiger partial charge in [-0.2, -0.15) is 5.10 Å². The summed E-state index contributed by atoms with van der Waals surface area (Å²) in [7, 11) is -2.18. The van der Waals surface area contributed by atoms with Crippen LogP contribution < -0.4 is 9.04 Å². The summed E-state index contributed by atoms with van der Waals surface area (Å²) in [5.41, 5.74) is 1.08. The number of anilines is 1. The monoisotopic (exact) mass is 393 g/mol. The molecule has 0 saturated carbocycles. The fourth-order valence-corrected chi connectivity index (χ4v) is 5.38. The van der Waals surface area contributed by atoms with Crippen molar-refractivity contribution in [3.05, 3.63) is 30.0 Å². The second-order valence-corrected chi connectivity index (χ2v) is 8.25. The van der Waals surface area contributed by atoms with Crippen LogP contribution in [-0.4, -0.2) is 36.9 Å². The maximum absolute atomic E-state index is 12.9. The second-order valence-electron chi connectivity index (χ2n) is 5.31. The van der Waals surface area contributed by atoms with Crippen LogP contribution in [0.2, 0.25) is 0 Å². The summed E-state index contributed by atoms with van der Waals surface area (Å²) in [5, 5.41) is 4.99. The minimum absolute atomic E-state index is 0.108. The van der Waals surface area contributed by atoms with Gasteiger partial charge in [-0.3, -0.25) is 8.99 Å². The first kappa shape index (κ1) is 17.9. The molecule has 0 amide bonds. The molecule has 3 rings (SSSR count). The van der Waals surface area contributed by atoms with Gasteiger partial charge in [0.25, 0.3) is 10.0 Å². The topological polar surface area (TPSA) is 64.4 Å². The number of ether oxygens (including phenoxy) is 1. The Morgan fingerprint density at radius 2 is 1.88 bits per heavy atom. The molecule has 1 aromatic heterocycles. The van der Waals surface area contributed by atoms with Gasteiger partial charge in [0.15, 0.2) is 0 Å². The van der Waals surface area contributed by atoms with Gasteiger partial charge >= 0.3 is 6.36 Å². The Bertz CT molecular complexity index is 893.